The van der Waals surface area contributed by atoms with Crippen LogP contribution in [0, 0.1) is 5.92 Å². The second-order valence-electron chi connectivity index (χ2n) is 3.09. The highest BCUT2D eigenvalue weighted by Gasteiger charge is 2.23. The van der Waals surface area contributed by atoms with Gasteiger partial charge in [0.1, 0.15) is 0 Å². The fourth-order valence-electron chi connectivity index (χ4n) is 1.40. The molecule has 2 heteroatoms. The Morgan fingerprint density at radius 1 is 1.60 bits per heavy atom. The molecule has 10 heavy (non-hydrogen) atoms. The van der Waals surface area contributed by atoms with Crippen molar-refractivity contribution in [3.8, 4) is 0 Å². The Kier molecular flexibility index (Phi) is 2.30. The van der Waals surface area contributed by atoms with Crippen LogP contribution in [0.3, 0.4) is 0 Å². The smallest absolute Gasteiger partial charge is 0.223 e. The molecule has 0 bridgehead atoms. The van der Waals surface area contributed by atoms with Crippen molar-refractivity contribution in [3.05, 3.63) is 0 Å². The summed E-state index contributed by atoms with van der Waals surface area (Å²) < 4.78 is 0. The quantitative estimate of drug-likeness (QED) is 0.586. The van der Waals surface area contributed by atoms with Crippen molar-refractivity contribution in [1.82, 2.24) is 5.32 Å². The third-order valence-corrected chi connectivity index (χ3v) is 2.20. The first-order chi connectivity index (χ1) is 4.74. The van der Waals surface area contributed by atoms with Crippen LogP contribution in [0.2, 0.25) is 0 Å². The molecule has 1 aliphatic rings. The summed E-state index contributed by atoms with van der Waals surface area (Å²) in [6, 6.07) is 0.398. The first-order valence-electron chi connectivity index (χ1n) is 4.04. The molecule has 0 aromatic carbocycles. The van der Waals surface area contributed by atoms with Gasteiger partial charge >= 0.3 is 0 Å². The van der Waals surface area contributed by atoms with Gasteiger partial charge in [0.15, 0.2) is 0 Å². The number of carbonyl (C=O) groups excluding carboxylic acids is 1. The summed E-state index contributed by atoms with van der Waals surface area (Å²) in [5, 5.41) is 2.94. The SMILES string of the molecule is CCC1CCC(C)NC1=O. The van der Waals surface area contributed by atoms with Gasteiger partial charge in [-0.3, -0.25) is 4.79 Å². The Morgan fingerprint density at radius 3 is 2.80 bits per heavy atom. The van der Waals surface area contributed by atoms with Crippen LogP contribution in [-0.4, -0.2) is 11.9 Å². The molecule has 1 rings (SSSR count). The van der Waals surface area contributed by atoms with Crippen molar-refractivity contribution >= 4 is 5.91 Å². The number of amides is 1. The van der Waals surface area contributed by atoms with Crippen LogP contribution in [-0.2, 0) is 4.79 Å². The van der Waals surface area contributed by atoms with Crippen LogP contribution in [0.1, 0.15) is 33.1 Å². The largest absolute Gasteiger partial charge is 0.353 e. The molecular formula is C8H15NO. The molecule has 1 amide bonds. The molecule has 1 saturated heterocycles. The van der Waals surface area contributed by atoms with Gasteiger partial charge in [-0.15, -0.1) is 0 Å². The van der Waals surface area contributed by atoms with Crippen molar-refractivity contribution in [2.24, 2.45) is 5.92 Å². The fraction of sp³-hybridized carbons (Fsp3) is 0.875. The van der Waals surface area contributed by atoms with Gasteiger partial charge in [0.05, 0.1) is 0 Å². The Balaban J connectivity index is 2.43. The van der Waals surface area contributed by atoms with E-state index in [-0.39, 0.29) is 11.8 Å². The summed E-state index contributed by atoms with van der Waals surface area (Å²) in [7, 11) is 0. The average molecular weight is 141 g/mol. The van der Waals surface area contributed by atoms with E-state index in [0.29, 0.717) is 6.04 Å². The molecule has 0 aromatic rings. The number of rotatable bonds is 1. The lowest BCUT2D eigenvalue weighted by molar-refractivity contribution is -0.127. The van der Waals surface area contributed by atoms with E-state index < -0.39 is 0 Å². The number of hydrogen-bond donors (Lipinski definition) is 1. The summed E-state index contributed by atoms with van der Waals surface area (Å²) in [5.41, 5.74) is 0. The van der Waals surface area contributed by atoms with E-state index in [1.54, 1.807) is 0 Å². The highest BCUT2D eigenvalue weighted by molar-refractivity contribution is 5.79. The second kappa shape index (κ2) is 3.04. The Hall–Kier alpha value is -0.530. The van der Waals surface area contributed by atoms with Gasteiger partial charge in [-0.25, -0.2) is 0 Å². The molecule has 58 valence electrons. The fourth-order valence-corrected chi connectivity index (χ4v) is 1.40. The van der Waals surface area contributed by atoms with Crippen LogP contribution in [0.4, 0.5) is 0 Å². The molecule has 2 nitrogen and oxygen atoms in total. The lowest BCUT2D eigenvalue weighted by atomic mass is 9.93. The Bertz CT molecular complexity index is 133. The van der Waals surface area contributed by atoms with Gasteiger partial charge in [-0.1, -0.05) is 6.92 Å². The molecule has 0 radical (unpaired) electrons. The number of nitrogens with one attached hydrogen (secondary N) is 1. The second-order valence-corrected chi connectivity index (χ2v) is 3.09. The topological polar surface area (TPSA) is 29.1 Å². The third kappa shape index (κ3) is 1.49. The van der Waals surface area contributed by atoms with Crippen molar-refractivity contribution in [3.63, 3.8) is 0 Å². The first-order valence-corrected chi connectivity index (χ1v) is 4.04. The van der Waals surface area contributed by atoms with Crippen LogP contribution < -0.4 is 5.32 Å². The summed E-state index contributed by atoms with van der Waals surface area (Å²) in [6.07, 6.45) is 3.20. The number of carbonyl (C=O) groups is 1. The summed E-state index contributed by atoms with van der Waals surface area (Å²) in [4.78, 5) is 11.1. The molecule has 0 aromatic heterocycles. The van der Waals surface area contributed by atoms with E-state index in [0.717, 1.165) is 19.3 Å². The van der Waals surface area contributed by atoms with E-state index in [4.69, 9.17) is 0 Å². The molecular weight excluding hydrogens is 126 g/mol. The number of piperidine rings is 1. The Morgan fingerprint density at radius 2 is 2.30 bits per heavy atom. The predicted molar refractivity (Wildman–Crippen MR) is 40.6 cm³/mol. The minimum atomic E-state index is 0.251. The molecule has 0 spiro atoms. The number of hydrogen-bond acceptors (Lipinski definition) is 1. The summed E-state index contributed by atoms with van der Waals surface area (Å²) in [6.45, 7) is 4.13. The zero-order valence-electron chi connectivity index (χ0n) is 6.68. The van der Waals surface area contributed by atoms with Crippen LogP contribution >= 0.6 is 0 Å². The van der Waals surface area contributed by atoms with E-state index in [1.165, 1.54) is 0 Å². The normalized spacial score (nSPS) is 33.6. The molecule has 1 fully saturated rings. The minimum Gasteiger partial charge on any atom is -0.353 e. The van der Waals surface area contributed by atoms with Gasteiger partial charge < -0.3 is 5.32 Å². The average Bonchev–Trinajstić information content (AvgIpc) is 1.88. The first kappa shape index (κ1) is 7.58. The standard InChI is InChI=1S/C8H15NO/c1-3-7-5-4-6(2)9-8(7)10/h6-7H,3-5H2,1-2H3,(H,9,10). The molecule has 1 heterocycles. The molecule has 1 N–H and O–H groups in total. The van der Waals surface area contributed by atoms with Crippen molar-refractivity contribution < 1.29 is 4.79 Å². The molecule has 0 saturated carbocycles. The highest BCUT2D eigenvalue weighted by Crippen LogP contribution is 2.17. The lowest BCUT2D eigenvalue weighted by Gasteiger charge is -2.25. The van der Waals surface area contributed by atoms with Gasteiger partial charge in [0.2, 0.25) is 5.91 Å². The van der Waals surface area contributed by atoms with E-state index in [1.807, 2.05) is 0 Å². The van der Waals surface area contributed by atoms with Gasteiger partial charge in [0.25, 0.3) is 0 Å². The highest BCUT2D eigenvalue weighted by atomic mass is 16.2. The van der Waals surface area contributed by atoms with E-state index in [2.05, 4.69) is 19.2 Å². The maximum Gasteiger partial charge on any atom is 0.223 e. The molecule has 2 atom stereocenters. The maximum absolute atomic E-state index is 11.1. The maximum atomic E-state index is 11.1. The van der Waals surface area contributed by atoms with Crippen LogP contribution in [0.15, 0.2) is 0 Å². The Labute approximate surface area is 62.0 Å². The van der Waals surface area contributed by atoms with E-state index in [9.17, 15) is 4.79 Å². The zero-order valence-corrected chi connectivity index (χ0v) is 6.68. The molecule has 1 aliphatic heterocycles. The van der Waals surface area contributed by atoms with Gasteiger partial charge in [0, 0.05) is 12.0 Å². The monoisotopic (exact) mass is 141 g/mol. The van der Waals surface area contributed by atoms with Crippen molar-refractivity contribution in [2.75, 3.05) is 0 Å². The minimum absolute atomic E-state index is 0.251. The summed E-state index contributed by atoms with van der Waals surface area (Å²) >= 11 is 0. The van der Waals surface area contributed by atoms with Crippen LogP contribution in [0.5, 0.6) is 0 Å². The molecule has 2 unspecified atom stereocenters. The van der Waals surface area contributed by atoms with Gasteiger partial charge in [-0.05, 0) is 26.2 Å². The van der Waals surface area contributed by atoms with Crippen LogP contribution in [0.25, 0.3) is 0 Å². The zero-order chi connectivity index (χ0) is 7.56. The predicted octanol–water partition coefficient (Wildman–Crippen LogP) is 1.31. The van der Waals surface area contributed by atoms with Gasteiger partial charge in [-0.2, -0.15) is 0 Å². The summed E-state index contributed by atoms with van der Waals surface area (Å²) in [5.74, 6) is 0.539. The third-order valence-electron chi connectivity index (χ3n) is 2.20. The lowest BCUT2D eigenvalue weighted by Crippen LogP contribution is -2.42. The van der Waals surface area contributed by atoms with Crippen molar-refractivity contribution in [1.29, 1.82) is 0 Å². The molecule has 0 aliphatic carbocycles. The van der Waals surface area contributed by atoms with E-state index >= 15 is 0 Å². The van der Waals surface area contributed by atoms with Crippen molar-refractivity contribution in [2.45, 2.75) is 39.2 Å².